The Hall–Kier alpha value is -0.440. The maximum atomic E-state index is 10.4. The second-order valence-electron chi connectivity index (χ2n) is 4.79. The van der Waals surface area contributed by atoms with Crippen LogP contribution in [0.1, 0.15) is 0 Å². The topological polar surface area (TPSA) is 54.4 Å². The molecule has 0 aliphatic carbocycles. The van der Waals surface area contributed by atoms with Gasteiger partial charge in [-0.3, -0.25) is 4.55 Å². The molecule has 3 nitrogen and oxygen atoms in total. The van der Waals surface area contributed by atoms with E-state index in [1.807, 2.05) is 0 Å². The average Bonchev–Trinajstić information content (AvgIpc) is 2.01. The van der Waals surface area contributed by atoms with Crippen LogP contribution < -0.4 is 0 Å². The number of hydrogen-bond acceptors (Lipinski definition) is 2. The summed E-state index contributed by atoms with van der Waals surface area (Å²) in [6.45, 7) is 9.31. The van der Waals surface area contributed by atoms with Crippen LogP contribution in [0, 0.1) is 0 Å². The third kappa shape index (κ3) is 9.85. The van der Waals surface area contributed by atoms with Crippen molar-refractivity contribution in [2.75, 3.05) is 26.7 Å². The summed E-state index contributed by atoms with van der Waals surface area (Å²) in [5, 5.41) is 0. The second-order valence-corrected chi connectivity index (χ2v) is 12.2. The van der Waals surface area contributed by atoms with Gasteiger partial charge in [0.05, 0.1) is 4.90 Å². The van der Waals surface area contributed by atoms with E-state index in [4.69, 9.17) is 4.55 Å². The van der Waals surface area contributed by atoms with Crippen LogP contribution in [-0.4, -0.2) is 39.6 Å². The normalized spacial score (nSPS) is 12.6. The minimum atomic E-state index is -4.00. The number of benzene rings is 1. The molecule has 0 radical (unpaired) electrons. The van der Waals surface area contributed by atoms with Gasteiger partial charge in [-0.05, 0) is 12.1 Å². The summed E-state index contributed by atoms with van der Waals surface area (Å²) in [6.07, 6.45) is 0. The van der Waals surface area contributed by atoms with E-state index in [1.54, 1.807) is 18.2 Å². The van der Waals surface area contributed by atoms with E-state index in [0.717, 1.165) is 0 Å². The zero-order valence-electron chi connectivity index (χ0n) is 9.56. The molecule has 0 aromatic heterocycles. The van der Waals surface area contributed by atoms with E-state index in [2.05, 4.69) is 26.7 Å². The van der Waals surface area contributed by atoms with Gasteiger partial charge < -0.3 is 0 Å². The Labute approximate surface area is 92.6 Å². The first kappa shape index (κ1) is 14.6. The molecule has 1 rings (SSSR count). The zero-order valence-corrected chi connectivity index (χ0v) is 11.4. The molecule has 88 valence electrons. The van der Waals surface area contributed by atoms with Gasteiger partial charge in [-0.2, -0.15) is 8.42 Å². The Kier molecular flexibility index (Phi) is 5.43. The monoisotopic (exact) mass is 250 g/mol. The van der Waals surface area contributed by atoms with Crippen LogP contribution in [0.3, 0.4) is 0 Å². The molecule has 0 aliphatic heterocycles. The van der Waals surface area contributed by atoms with Crippen molar-refractivity contribution >= 4 is 17.4 Å². The summed E-state index contributed by atoms with van der Waals surface area (Å²) >= 11 is 0. The van der Waals surface area contributed by atoms with E-state index < -0.39 is 17.4 Å². The van der Waals surface area contributed by atoms with Crippen LogP contribution in [0.4, 0.5) is 0 Å². The first-order valence-electron chi connectivity index (χ1n) is 4.63. The molecular formula is C10H19O3PS. The predicted octanol–water partition coefficient (Wildman–Crippen LogP) is 2.19. The molecule has 1 aromatic rings. The quantitative estimate of drug-likeness (QED) is 0.614. The summed E-state index contributed by atoms with van der Waals surface area (Å²) in [4.78, 5) is -0.0741. The van der Waals surface area contributed by atoms with Crippen molar-refractivity contribution in [3.63, 3.8) is 0 Å². The Morgan fingerprint density at radius 2 is 1.33 bits per heavy atom. The SMILES string of the molecule is C[PH](C)(C)C.O=S(=O)(O)c1ccccc1. The molecule has 0 unspecified atom stereocenters. The molecule has 1 N–H and O–H groups in total. The van der Waals surface area contributed by atoms with Crippen LogP contribution in [0.2, 0.25) is 0 Å². The molecule has 0 saturated carbocycles. The minimum Gasteiger partial charge on any atom is -0.282 e. The van der Waals surface area contributed by atoms with E-state index in [0.29, 0.717) is 0 Å². The maximum absolute atomic E-state index is 10.4. The molecule has 0 saturated heterocycles. The molecule has 0 spiro atoms. The zero-order chi connectivity index (χ0) is 12.1. The molecular weight excluding hydrogens is 231 g/mol. The van der Waals surface area contributed by atoms with Crippen molar-refractivity contribution in [1.82, 2.24) is 0 Å². The van der Waals surface area contributed by atoms with Gasteiger partial charge in [0.1, 0.15) is 0 Å². The van der Waals surface area contributed by atoms with Crippen molar-refractivity contribution in [1.29, 1.82) is 0 Å². The van der Waals surface area contributed by atoms with Crippen molar-refractivity contribution in [3.05, 3.63) is 30.3 Å². The fourth-order valence-electron chi connectivity index (χ4n) is 0.592. The van der Waals surface area contributed by atoms with Crippen LogP contribution in [0.5, 0.6) is 0 Å². The van der Waals surface area contributed by atoms with Crippen molar-refractivity contribution in [3.8, 4) is 0 Å². The predicted molar refractivity (Wildman–Crippen MR) is 68.3 cm³/mol. The maximum Gasteiger partial charge on any atom is 0.294 e. The van der Waals surface area contributed by atoms with Gasteiger partial charge in [-0.25, -0.2) is 0 Å². The molecule has 0 heterocycles. The molecule has 0 aliphatic rings. The molecule has 0 bridgehead atoms. The smallest absolute Gasteiger partial charge is 0.282 e. The Morgan fingerprint density at radius 3 is 1.53 bits per heavy atom. The first-order chi connectivity index (χ1) is 6.61. The van der Waals surface area contributed by atoms with Crippen LogP contribution in [-0.2, 0) is 10.1 Å². The minimum absolute atomic E-state index is 0.0741. The van der Waals surface area contributed by atoms with Crippen molar-refractivity contribution in [2.45, 2.75) is 4.90 Å². The van der Waals surface area contributed by atoms with Gasteiger partial charge >= 0.3 is 33.9 Å². The fourth-order valence-corrected chi connectivity index (χ4v) is 1.09. The summed E-state index contributed by atoms with van der Waals surface area (Å²) in [6, 6.07) is 7.42. The van der Waals surface area contributed by atoms with E-state index in [9.17, 15) is 8.42 Å². The summed E-state index contributed by atoms with van der Waals surface area (Å²) < 4.78 is 29.2. The number of hydrogen-bond donors (Lipinski definition) is 1. The summed E-state index contributed by atoms with van der Waals surface area (Å²) in [5.41, 5.74) is 0. The molecule has 0 amide bonds. The standard InChI is InChI=1S/C6H6O3S.C4H13P/c7-10(8,9)6-4-2-1-3-5-6;1-5(2,3)4/h1-5H,(H,7,8,9);5H,1-4H3. The summed E-state index contributed by atoms with van der Waals surface area (Å²) in [5.74, 6) is 0. The Bertz CT molecular complexity index is 373. The Morgan fingerprint density at radius 1 is 1.00 bits per heavy atom. The molecule has 15 heavy (non-hydrogen) atoms. The van der Waals surface area contributed by atoms with E-state index in [-0.39, 0.29) is 4.90 Å². The van der Waals surface area contributed by atoms with Gasteiger partial charge in [0.25, 0.3) is 10.1 Å². The van der Waals surface area contributed by atoms with Gasteiger partial charge in [0, 0.05) is 0 Å². The second kappa shape index (κ2) is 5.59. The number of rotatable bonds is 1. The van der Waals surface area contributed by atoms with Crippen LogP contribution >= 0.6 is 7.26 Å². The molecule has 5 heteroatoms. The Balaban J connectivity index is 0.000000336. The van der Waals surface area contributed by atoms with Gasteiger partial charge in [-0.1, -0.05) is 18.2 Å². The third-order valence-electron chi connectivity index (χ3n) is 1.04. The molecule has 1 aromatic carbocycles. The molecule has 0 fully saturated rings. The van der Waals surface area contributed by atoms with Crippen molar-refractivity contribution in [2.24, 2.45) is 0 Å². The van der Waals surface area contributed by atoms with Crippen LogP contribution in [0.25, 0.3) is 0 Å². The molecule has 0 atom stereocenters. The van der Waals surface area contributed by atoms with Crippen LogP contribution in [0.15, 0.2) is 35.2 Å². The fraction of sp³-hybridized carbons (Fsp3) is 0.400. The average molecular weight is 250 g/mol. The third-order valence-corrected chi connectivity index (χ3v) is 1.91. The largest absolute Gasteiger partial charge is 0.294 e. The summed E-state index contributed by atoms with van der Waals surface area (Å²) in [7, 11) is -4.61. The van der Waals surface area contributed by atoms with E-state index >= 15 is 0 Å². The van der Waals surface area contributed by atoms with Gasteiger partial charge in [-0.15, -0.1) is 0 Å². The van der Waals surface area contributed by atoms with Gasteiger partial charge in [0.2, 0.25) is 0 Å². The van der Waals surface area contributed by atoms with Gasteiger partial charge in [0.15, 0.2) is 0 Å². The first-order valence-corrected chi connectivity index (χ1v) is 10.1. The van der Waals surface area contributed by atoms with Crippen molar-refractivity contribution < 1.29 is 13.0 Å². The van der Waals surface area contributed by atoms with E-state index in [1.165, 1.54) is 12.1 Å².